The Bertz CT molecular complexity index is 567. The number of thioether (sulfide) groups is 1. The summed E-state index contributed by atoms with van der Waals surface area (Å²) in [6.07, 6.45) is 4.47. The van der Waals surface area contributed by atoms with E-state index in [9.17, 15) is 14.7 Å². The number of carboxylic acid groups (broad SMARTS) is 1. The summed E-state index contributed by atoms with van der Waals surface area (Å²) in [5.74, 6) is -0.671. The first kappa shape index (κ1) is 16.8. The molecule has 0 spiro atoms. The van der Waals surface area contributed by atoms with Gasteiger partial charge in [-0.15, -0.1) is 0 Å². The summed E-state index contributed by atoms with van der Waals surface area (Å²) in [4.78, 5) is 29.9. The summed E-state index contributed by atoms with van der Waals surface area (Å²) in [5, 5.41) is 9.78. The van der Waals surface area contributed by atoms with Gasteiger partial charge in [0.15, 0.2) is 0 Å². The summed E-state index contributed by atoms with van der Waals surface area (Å²) in [6.45, 7) is 5.22. The molecule has 0 aliphatic carbocycles. The smallest absolute Gasteiger partial charge is 0.338 e. The Morgan fingerprint density at radius 3 is 2.45 bits per heavy atom. The van der Waals surface area contributed by atoms with Crippen LogP contribution in [0.3, 0.4) is 0 Å². The monoisotopic (exact) mass is 322 g/mol. The van der Waals surface area contributed by atoms with Crippen molar-refractivity contribution in [2.75, 3.05) is 18.8 Å². The van der Waals surface area contributed by atoms with Crippen LogP contribution in [0.4, 0.5) is 0 Å². The third-order valence-corrected chi connectivity index (χ3v) is 4.78. The van der Waals surface area contributed by atoms with E-state index in [0.29, 0.717) is 10.6 Å². The second-order valence-corrected chi connectivity index (χ2v) is 6.61. The highest BCUT2D eigenvalue weighted by Crippen LogP contribution is 2.25. The highest BCUT2D eigenvalue weighted by Gasteiger charge is 2.20. The topological polar surface area (TPSA) is 70.5 Å². The van der Waals surface area contributed by atoms with Gasteiger partial charge in [0.25, 0.3) is 0 Å². The Kier molecular flexibility index (Phi) is 5.83. The number of aryl methyl sites for hydroxylation is 2. The van der Waals surface area contributed by atoms with Gasteiger partial charge in [-0.25, -0.2) is 9.78 Å². The van der Waals surface area contributed by atoms with Gasteiger partial charge >= 0.3 is 5.97 Å². The first-order chi connectivity index (χ1) is 10.5. The molecule has 0 radical (unpaired) electrons. The van der Waals surface area contributed by atoms with Crippen LogP contribution in [-0.2, 0) is 4.79 Å². The summed E-state index contributed by atoms with van der Waals surface area (Å²) in [6, 6.07) is 1.75. The molecule has 2 heterocycles. The van der Waals surface area contributed by atoms with Crippen LogP contribution in [0.5, 0.6) is 0 Å². The van der Waals surface area contributed by atoms with E-state index in [1.165, 1.54) is 24.6 Å². The molecule has 5 nitrogen and oxygen atoms in total. The highest BCUT2D eigenvalue weighted by molar-refractivity contribution is 8.00. The molecule has 0 unspecified atom stereocenters. The number of amides is 1. The maximum Gasteiger partial charge on any atom is 0.338 e. The lowest BCUT2D eigenvalue weighted by Gasteiger charge is -2.20. The van der Waals surface area contributed by atoms with Gasteiger partial charge in [-0.1, -0.05) is 24.6 Å². The van der Waals surface area contributed by atoms with Crippen LogP contribution < -0.4 is 0 Å². The summed E-state index contributed by atoms with van der Waals surface area (Å²) < 4.78 is 0. The molecular formula is C16H22N2O3S. The van der Waals surface area contributed by atoms with Crippen molar-refractivity contribution in [2.24, 2.45) is 0 Å². The molecule has 1 N–H and O–H groups in total. The van der Waals surface area contributed by atoms with Crippen molar-refractivity contribution in [3.05, 3.63) is 22.9 Å². The fourth-order valence-electron chi connectivity index (χ4n) is 2.71. The minimum absolute atomic E-state index is 0.0733. The maximum atomic E-state index is 12.3. The van der Waals surface area contributed by atoms with Gasteiger partial charge in [0.2, 0.25) is 5.91 Å². The van der Waals surface area contributed by atoms with E-state index in [1.807, 2.05) is 11.8 Å². The molecule has 6 heteroatoms. The number of aromatic nitrogens is 1. The van der Waals surface area contributed by atoms with Crippen LogP contribution in [0.25, 0.3) is 0 Å². The number of hydrogen-bond acceptors (Lipinski definition) is 4. The summed E-state index contributed by atoms with van der Waals surface area (Å²) in [5.41, 5.74) is 1.66. The fraction of sp³-hybridized carbons (Fsp3) is 0.562. The molecule has 0 saturated carbocycles. The van der Waals surface area contributed by atoms with E-state index in [-0.39, 0.29) is 17.2 Å². The number of rotatable bonds is 4. The first-order valence-corrected chi connectivity index (χ1v) is 8.59. The predicted octanol–water partition coefficient (Wildman–Crippen LogP) is 2.89. The van der Waals surface area contributed by atoms with Crippen molar-refractivity contribution in [1.82, 2.24) is 9.88 Å². The molecule has 1 saturated heterocycles. The van der Waals surface area contributed by atoms with E-state index < -0.39 is 5.97 Å². The molecule has 0 atom stereocenters. The molecule has 1 aromatic heterocycles. The van der Waals surface area contributed by atoms with Crippen molar-refractivity contribution in [2.45, 2.75) is 44.6 Å². The van der Waals surface area contributed by atoms with Gasteiger partial charge < -0.3 is 10.0 Å². The number of pyridine rings is 1. The minimum Gasteiger partial charge on any atom is -0.478 e. The van der Waals surface area contributed by atoms with Gasteiger partial charge in [-0.2, -0.15) is 0 Å². The molecule has 0 aromatic carbocycles. The third kappa shape index (κ3) is 4.22. The molecule has 120 valence electrons. The quantitative estimate of drug-likeness (QED) is 0.863. The Morgan fingerprint density at radius 1 is 1.23 bits per heavy atom. The Balaban J connectivity index is 2.07. The average Bonchev–Trinajstić information content (AvgIpc) is 2.72. The summed E-state index contributed by atoms with van der Waals surface area (Å²) >= 11 is 1.23. The van der Waals surface area contributed by atoms with Gasteiger partial charge in [-0.3, -0.25) is 4.79 Å². The van der Waals surface area contributed by atoms with Gasteiger partial charge in [0, 0.05) is 18.8 Å². The van der Waals surface area contributed by atoms with Gasteiger partial charge in [-0.05, 0) is 38.3 Å². The average molecular weight is 322 g/mol. The zero-order chi connectivity index (χ0) is 16.1. The molecule has 1 fully saturated rings. The van der Waals surface area contributed by atoms with Crippen molar-refractivity contribution in [3.8, 4) is 0 Å². The molecule has 22 heavy (non-hydrogen) atoms. The van der Waals surface area contributed by atoms with E-state index in [1.54, 1.807) is 13.0 Å². The van der Waals surface area contributed by atoms with Crippen molar-refractivity contribution in [3.63, 3.8) is 0 Å². The Labute approximate surface area is 135 Å². The molecule has 1 aliphatic rings. The lowest BCUT2D eigenvalue weighted by Crippen LogP contribution is -2.33. The molecule has 2 rings (SSSR count). The van der Waals surface area contributed by atoms with E-state index >= 15 is 0 Å². The van der Waals surface area contributed by atoms with Gasteiger partial charge in [0.1, 0.15) is 5.03 Å². The standard InChI is InChI=1S/C16H22N2O3S/c1-11-9-12(2)17-15(14(11)16(20)21)22-10-13(19)18-7-5-3-4-6-8-18/h9H,3-8,10H2,1-2H3,(H,20,21). The lowest BCUT2D eigenvalue weighted by atomic mass is 10.1. The number of likely N-dealkylation sites (tertiary alicyclic amines) is 1. The van der Waals surface area contributed by atoms with E-state index in [2.05, 4.69) is 4.98 Å². The zero-order valence-electron chi connectivity index (χ0n) is 13.1. The molecule has 1 aromatic rings. The zero-order valence-corrected chi connectivity index (χ0v) is 13.9. The molecule has 1 amide bonds. The number of hydrogen-bond donors (Lipinski definition) is 1. The Morgan fingerprint density at radius 2 is 1.86 bits per heavy atom. The van der Waals surface area contributed by atoms with Crippen LogP contribution in [0.15, 0.2) is 11.1 Å². The van der Waals surface area contributed by atoms with E-state index in [0.717, 1.165) is 31.6 Å². The van der Waals surface area contributed by atoms with E-state index in [4.69, 9.17) is 0 Å². The van der Waals surface area contributed by atoms with Crippen LogP contribution in [0.1, 0.15) is 47.3 Å². The molecule has 1 aliphatic heterocycles. The normalized spacial score (nSPS) is 15.5. The largest absolute Gasteiger partial charge is 0.478 e. The lowest BCUT2D eigenvalue weighted by molar-refractivity contribution is -0.128. The number of carbonyl (C=O) groups excluding carboxylic acids is 1. The molecule has 0 bridgehead atoms. The van der Waals surface area contributed by atoms with Crippen LogP contribution in [-0.4, -0.2) is 45.7 Å². The third-order valence-electron chi connectivity index (χ3n) is 3.82. The van der Waals surface area contributed by atoms with Gasteiger partial charge in [0.05, 0.1) is 11.3 Å². The fourth-order valence-corrected chi connectivity index (χ4v) is 3.75. The van der Waals surface area contributed by atoms with Crippen LogP contribution >= 0.6 is 11.8 Å². The van der Waals surface area contributed by atoms with Crippen LogP contribution in [0.2, 0.25) is 0 Å². The van der Waals surface area contributed by atoms with Crippen molar-refractivity contribution >= 4 is 23.6 Å². The Hall–Kier alpha value is -1.56. The number of aromatic carboxylic acids is 1. The highest BCUT2D eigenvalue weighted by atomic mass is 32.2. The molecular weight excluding hydrogens is 300 g/mol. The maximum absolute atomic E-state index is 12.3. The van der Waals surface area contributed by atoms with Crippen molar-refractivity contribution < 1.29 is 14.7 Å². The SMILES string of the molecule is Cc1cc(C)c(C(=O)O)c(SCC(=O)N2CCCCCC2)n1. The second kappa shape index (κ2) is 7.63. The second-order valence-electron chi connectivity index (χ2n) is 5.65. The first-order valence-electron chi connectivity index (χ1n) is 7.61. The predicted molar refractivity (Wildman–Crippen MR) is 86.4 cm³/mol. The number of nitrogens with zero attached hydrogens (tertiary/aromatic N) is 2. The number of carboxylic acids is 1. The summed E-state index contributed by atoms with van der Waals surface area (Å²) in [7, 11) is 0. The van der Waals surface area contributed by atoms with Crippen LogP contribution in [0, 0.1) is 13.8 Å². The number of carbonyl (C=O) groups is 2. The minimum atomic E-state index is -0.991. The van der Waals surface area contributed by atoms with Crippen molar-refractivity contribution in [1.29, 1.82) is 0 Å².